The zero-order valence-electron chi connectivity index (χ0n) is 6.34. The standard InChI is InChI=1S/C8H13NO/c1-10-9-8-4-2-3-6-5-7(6)8/h6-7H,2-5H2,1H3/b9-8-/t6-,7+/m0/s1. The van der Waals surface area contributed by atoms with Gasteiger partial charge in [-0.3, -0.25) is 0 Å². The van der Waals surface area contributed by atoms with Crippen molar-refractivity contribution in [3.8, 4) is 0 Å². The van der Waals surface area contributed by atoms with Crippen LogP contribution in [0.1, 0.15) is 25.7 Å². The molecule has 2 fully saturated rings. The molecule has 0 unspecified atom stereocenters. The monoisotopic (exact) mass is 139 g/mol. The molecule has 2 nitrogen and oxygen atoms in total. The number of oxime groups is 1. The van der Waals surface area contributed by atoms with E-state index in [1.165, 1.54) is 31.4 Å². The van der Waals surface area contributed by atoms with Crippen molar-refractivity contribution < 1.29 is 4.84 Å². The summed E-state index contributed by atoms with van der Waals surface area (Å²) < 4.78 is 0. The van der Waals surface area contributed by atoms with Crippen LogP contribution in [0.25, 0.3) is 0 Å². The lowest BCUT2D eigenvalue weighted by Crippen LogP contribution is -2.08. The SMILES string of the molecule is CO/N=C1/CCC[C@H]2C[C@@H]12. The van der Waals surface area contributed by atoms with E-state index in [1.807, 2.05) is 0 Å². The number of hydrogen-bond donors (Lipinski definition) is 0. The molecule has 0 aromatic rings. The molecule has 0 spiro atoms. The molecule has 2 saturated carbocycles. The van der Waals surface area contributed by atoms with Gasteiger partial charge in [-0.05, 0) is 31.6 Å². The van der Waals surface area contributed by atoms with E-state index in [9.17, 15) is 0 Å². The minimum atomic E-state index is 0.814. The molecule has 10 heavy (non-hydrogen) atoms. The second kappa shape index (κ2) is 2.26. The quantitative estimate of drug-likeness (QED) is 0.508. The Kier molecular flexibility index (Phi) is 1.40. The normalized spacial score (nSPS) is 41.1. The van der Waals surface area contributed by atoms with Crippen LogP contribution < -0.4 is 0 Å². The van der Waals surface area contributed by atoms with E-state index in [0.29, 0.717) is 0 Å². The first kappa shape index (κ1) is 6.20. The molecule has 0 N–H and O–H groups in total. The van der Waals surface area contributed by atoms with Gasteiger partial charge in [-0.15, -0.1) is 0 Å². The first-order valence-electron chi connectivity index (χ1n) is 4.01. The van der Waals surface area contributed by atoms with Crippen LogP contribution in [0, 0.1) is 11.8 Å². The van der Waals surface area contributed by atoms with Crippen molar-refractivity contribution in [3.63, 3.8) is 0 Å². The molecule has 0 aliphatic heterocycles. The molecule has 2 aliphatic rings. The van der Waals surface area contributed by atoms with Gasteiger partial charge in [-0.25, -0.2) is 0 Å². The highest BCUT2D eigenvalue weighted by molar-refractivity contribution is 5.89. The molecule has 56 valence electrons. The van der Waals surface area contributed by atoms with Crippen LogP contribution in [0.3, 0.4) is 0 Å². The number of fused-ring (bicyclic) bond motifs is 1. The number of rotatable bonds is 1. The lowest BCUT2D eigenvalue weighted by atomic mass is 9.99. The number of nitrogens with zero attached hydrogens (tertiary/aromatic N) is 1. The second-order valence-electron chi connectivity index (χ2n) is 3.26. The molecular formula is C8H13NO. The lowest BCUT2D eigenvalue weighted by Gasteiger charge is -2.09. The zero-order valence-corrected chi connectivity index (χ0v) is 6.34. The van der Waals surface area contributed by atoms with Crippen LogP contribution in [0.4, 0.5) is 0 Å². The largest absolute Gasteiger partial charge is 0.399 e. The van der Waals surface area contributed by atoms with Crippen LogP contribution in [0.15, 0.2) is 5.16 Å². The summed E-state index contributed by atoms with van der Waals surface area (Å²) in [5.74, 6) is 1.79. The highest BCUT2D eigenvalue weighted by atomic mass is 16.6. The van der Waals surface area contributed by atoms with Gasteiger partial charge < -0.3 is 4.84 Å². The average Bonchev–Trinajstić information content (AvgIpc) is 2.67. The molecule has 0 aromatic carbocycles. The van der Waals surface area contributed by atoms with Gasteiger partial charge in [0.15, 0.2) is 0 Å². The Hall–Kier alpha value is -0.530. The Morgan fingerprint density at radius 3 is 3.30 bits per heavy atom. The lowest BCUT2D eigenvalue weighted by molar-refractivity contribution is 0.210. The van der Waals surface area contributed by atoms with E-state index in [2.05, 4.69) is 5.16 Å². The third-order valence-corrected chi connectivity index (χ3v) is 2.57. The Morgan fingerprint density at radius 2 is 2.50 bits per heavy atom. The highest BCUT2D eigenvalue weighted by Crippen LogP contribution is 2.47. The molecule has 2 aliphatic carbocycles. The number of hydrogen-bond acceptors (Lipinski definition) is 2. The van der Waals surface area contributed by atoms with E-state index in [0.717, 1.165) is 11.8 Å². The van der Waals surface area contributed by atoms with Crippen LogP contribution in [-0.2, 0) is 4.84 Å². The van der Waals surface area contributed by atoms with E-state index in [1.54, 1.807) is 7.11 Å². The van der Waals surface area contributed by atoms with Crippen molar-refractivity contribution >= 4 is 5.71 Å². The summed E-state index contributed by atoms with van der Waals surface area (Å²) in [6.07, 6.45) is 5.30. The third-order valence-electron chi connectivity index (χ3n) is 2.57. The van der Waals surface area contributed by atoms with Crippen molar-refractivity contribution in [2.75, 3.05) is 7.11 Å². The molecule has 0 saturated heterocycles. The first-order valence-corrected chi connectivity index (χ1v) is 4.01. The molecule has 2 atom stereocenters. The summed E-state index contributed by atoms with van der Waals surface area (Å²) in [4.78, 5) is 4.77. The van der Waals surface area contributed by atoms with Gasteiger partial charge in [0.2, 0.25) is 0 Å². The van der Waals surface area contributed by atoms with Gasteiger partial charge in [0.25, 0.3) is 0 Å². The van der Waals surface area contributed by atoms with Crippen LogP contribution in [0.2, 0.25) is 0 Å². The smallest absolute Gasteiger partial charge is 0.106 e. The molecule has 2 heteroatoms. The highest BCUT2D eigenvalue weighted by Gasteiger charge is 2.43. The van der Waals surface area contributed by atoms with Crippen LogP contribution in [-0.4, -0.2) is 12.8 Å². The fraction of sp³-hybridized carbons (Fsp3) is 0.875. The van der Waals surface area contributed by atoms with Crippen molar-refractivity contribution in [2.24, 2.45) is 17.0 Å². The van der Waals surface area contributed by atoms with Gasteiger partial charge in [0.1, 0.15) is 7.11 Å². The van der Waals surface area contributed by atoms with Crippen molar-refractivity contribution in [1.82, 2.24) is 0 Å². The van der Waals surface area contributed by atoms with E-state index in [4.69, 9.17) is 4.84 Å². The summed E-state index contributed by atoms with van der Waals surface area (Å²) in [5.41, 5.74) is 1.32. The zero-order chi connectivity index (χ0) is 6.97. The van der Waals surface area contributed by atoms with Crippen LogP contribution >= 0.6 is 0 Å². The maximum atomic E-state index is 4.77. The third kappa shape index (κ3) is 0.917. The predicted octanol–water partition coefficient (Wildman–Crippen LogP) is 1.81. The van der Waals surface area contributed by atoms with Crippen molar-refractivity contribution in [2.45, 2.75) is 25.7 Å². The summed E-state index contributed by atoms with van der Waals surface area (Å²) in [6, 6.07) is 0. The fourth-order valence-electron chi connectivity index (χ4n) is 1.94. The topological polar surface area (TPSA) is 21.6 Å². The maximum Gasteiger partial charge on any atom is 0.106 e. The van der Waals surface area contributed by atoms with Gasteiger partial charge >= 0.3 is 0 Å². The average molecular weight is 139 g/mol. The maximum absolute atomic E-state index is 4.77. The molecule has 2 rings (SSSR count). The second-order valence-corrected chi connectivity index (χ2v) is 3.26. The van der Waals surface area contributed by atoms with Crippen molar-refractivity contribution in [1.29, 1.82) is 0 Å². The minimum Gasteiger partial charge on any atom is -0.399 e. The van der Waals surface area contributed by atoms with E-state index < -0.39 is 0 Å². The van der Waals surface area contributed by atoms with Gasteiger partial charge in [-0.1, -0.05) is 5.16 Å². The first-order chi connectivity index (χ1) is 4.92. The molecule has 0 amide bonds. The molecule has 0 bridgehead atoms. The van der Waals surface area contributed by atoms with Crippen molar-refractivity contribution in [3.05, 3.63) is 0 Å². The Labute approximate surface area is 61.2 Å². The van der Waals surface area contributed by atoms with Gasteiger partial charge in [0, 0.05) is 5.92 Å². The molecule has 0 heterocycles. The predicted molar refractivity (Wildman–Crippen MR) is 39.9 cm³/mol. The minimum absolute atomic E-state index is 0.814. The fourth-order valence-corrected chi connectivity index (χ4v) is 1.94. The molecule has 0 radical (unpaired) electrons. The Balaban J connectivity index is 2.02. The summed E-state index contributed by atoms with van der Waals surface area (Å²) >= 11 is 0. The Morgan fingerprint density at radius 1 is 1.60 bits per heavy atom. The summed E-state index contributed by atoms with van der Waals surface area (Å²) in [5, 5.41) is 4.02. The van der Waals surface area contributed by atoms with E-state index >= 15 is 0 Å². The van der Waals surface area contributed by atoms with Gasteiger partial charge in [0.05, 0.1) is 5.71 Å². The van der Waals surface area contributed by atoms with Gasteiger partial charge in [-0.2, -0.15) is 0 Å². The Bertz CT molecular complexity index is 165. The molecule has 0 aromatic heterocycles. The molecular weight excluding hydrogens is 126 g/mol. The summed E-state index contributed by atoms with van der Waals surface area (Å²) in [6.45, 7) is 0. The summed E-state index contributed by atoms with van der Waals surface area (Å²) in [7, 11) is 1.64. The van der Waals surface area contributed by atoms with E-state index in [-0.39, 0.29) is 0 Å². The van der Waals surface area contributed by atoms with Crippen LogP contribution in [0.5, 0.6) is 0 Å².